The van der Waals surface area contributed by atoms with Gasteiger partial charge in [-0.3, -0.25) is 9.69 Å². The second-order valence-electron chi connectivity index (χ2n) is 4.74. The van der Waals surface area contributed by atoms with Gasteiger partial charge in [0.25, 0.3) is 0 Å². The molecule has 1 amide bonds. The lowest BCUT2D eigenvalue weighted by Gasteiger charge is -2.34. The van der Waals surface area contributed by atoms with Crippen molar-refractivity contribution >= 4 is 22.7 Å². The van der Waals surface area contributed by atoms with E-state index in [1.807, 2.05) is 0 Å². The van der Waals surface area contributed by atoms with E-state index in [1.165, 1.54) is 12.1 Å². The van der Waals surface area contributed by atoms with Crippen LogP contribution in [0.25, 0.3) is 0 Å². The Labute approximate surface area is 127 Å². The monoisotopic (exact) mass is 313 g/mol. The lowest BCUT2D eigenvalue weighted by molar-refractivity contribution is 0.0295. The first-order chi connectivity index (χ1) is 10.1. The summed E-state index contributed by atoms with van der Waals surface area (Å²) >= 11 is 5.32. The lowest BCUT2D eigenvalue weighted by Crippen LogP contribution is -2.52. The Morgan fingerprint density at radius 1 is 1.38 bits per heavy atom. The minimum atomic E-state index is -0.653. The van der Waals surface area contributed by atoms with Crippen LogP contribution in [0, 0.1) is 11.2 Å². The molecule has 1 aromatic rings. The highest BCUT2D eigenvalue weighted by Crippen LogP contribution is 2.12. The number of carbonyl (C=O) groups excluding carboxylic acids is 1. The van der Waals surface area contributed by atoms with Gasteiger partial charge in [-0.05, 0) is 29.3 Å². The third-order valence-corrected chi connectivity index (χ3v) is 3.54. The third-order valence-electron chi connectivity index (χ3n) is 3.41. The summed E-state index contributed by atoms with van der Waals surface area (Å²) in [5.74, 6) is -0.344. The van der Waals surface area contributed by atoms with Gasteiger partial charge in [-0.1, -0.05) is 12.1 Å². The molecular weight excluding hydrogens is 297 g/mol. The molecule has 114 valence electrons. The summed E-state index contributed by atoms with van der Waals surface area (Å²) < 4.78 is 18.3. The molecule has 0 bridgehead atoms. The fourth-order valence-corrected chi connectivity index (χ4v) is 2.38. The van der Waals surface area contributed by atoms with Crippen molar-refractivity contribution in [1.82, 2.24) is 10.2 Å². The number of rotatable bonds is 5. The molecule has 1 atom stereocenters. The maximum Gasteiger partial charge on any atom is 0.313 e. The Morgan fingerprint density at radius 2 is 2.00 bits per heavy atom. The summed E-state index contributed by atoms with van der Waals surface area (Å²) in [5.41, 5.74) is 0.944. The number of halogens is 2. The van der Waals surface area contributed by atoms with Crippen molar-refractivity contribution in [3.63, 3.8) is 0 Å². The molecule has 1 aliphatic rings. The van der Waals surface area contributed by atoms with E-state index in [4.69, 9.17) is 21.7 Å². The van der Waals surface area contributed by atoms with Crippen LogP contribution in [0.1, 0.15) is 5.56 Å². The van der Waals surface area contributed by atoms with Crippen LogP contribution in [0.15, 0.2) is 24.3 Å². The number of ether oxygens (including phenoxy) is 1. The van der Waals surface area contributed by atoms with Gasteiger partial charge in [-0.15, -0.1) is 0 Å². The second kappa shape index (κ2) is 7.49. The first kappa shape index (κ1) is 15.9. The average molecular weight is 314 g/mol. The number of nitrogens with one attached hydrogen (secondary N) is 2. The van der Waals surface area contributed by atoms with E-state index in [0.29, 0.717) is 37.6 Å². The quantitative estimate of drug-likeness (QED) is 0.495. The Balaban J connectivity index is 2.14. The van der Waals surface area contributed by atoms with E-state index in [-0.39, 0.29) is 18.4 Å². The van der Waals surface area contributed by atoms with Crippen molar-refractivity contribution in [1.29, 1.82) is 5.41 Å². The maximum absolute atomic E-state index is 13.0. The zero-order valence-corrected chi connectivity index (χ0v) is 12.2. The molecule has 0 spiro atoms. The molecule has 0 aliphatic carbocycles. The fourth-order valence-electron chi connectivity index (χ4n) is 2.30. The number of morpholine rings is 1. The van der Waals surface area contributed by atoms with Crippen LogP contribution in [-0.4, -0.2) is 54.9 Å². The Morgan fingerprint density at radius 3 is 2.57 bits per heavy atom. The van der Waals surface area contributed by atoms with E-state index in [9.17, 15) is 9.18 Å². The summed E-state index contributed by atoms with van der Waals surface area (Å²) in [6.45, 7) is 2.75. The molecule has 2 rings (SSSR count). The molecule has 1 aliphatic heterocycles. The molecule has 2 N–H and O–H groups in total. The zero-order chi connectivity index (χ0) is 15.2. The maximum atomic E-state index is 13.0. The molecule has 7 heteroatoms. The summed E-state index contributed by atoms with van der Waals surface area (Å²) in [7, 11) is 0. The SMILES string of the molecule is N=C(c1ccc(F)cc1)C(CNC(=O)Cl)N1CCOCC1. The van der Waals surface area contributed by atoms with Crippen LogP contribution in [0.5, 0.6) is 0 Å². The molecular formula is C14H17ClFN3O2. The van der Waals surface area contributed by atoms with Crippen molar-refractivity contribution < 1.29 is 13.9 Å². The van der Waals surface area contributed by atoms with Gasteiger partial charge in [-0.25, -0.2) is 4.39 Å². The van der Waals surface area contributed by atoms with Gasteiger partial charge in [0.1, 0.15) is 5.82 Å². The van der Waals surface area contributed by atoms with Gasteiger partial charge in [0.05, 0.1) is 25.0 Å². The molecule has 0 aromatic heterocycles. The molecule has 1 unspecified atom stereocenters. The Bertz CT molecular complexity index is 503. The van der Waals surface area contributed by atoms with Crippen LogP contribution in [0.2, 0.25) is 0 Å². The summed E-state index contributed by atoms with van der Waals surface area (Å²) in [5, 5.41) is 10.2. The van der Waals surface area contributed by atoms with Crippen LogP contribution < -0.4 is 5.32 Å². The van der Waals surface area contributed by atoms with E-state index in [1.54, 1.807) is 12.1 Å². The Hall–Kier alpha value is -1.50. The summed E-state index contributed by atoms with van der Waals surface area (Å²) in [6, 6.07) is 5.45. The van der Waals surface area contributed by atoms with Crippen molar-refractivity contribution in [2.24, 2.45) is 0 Å². The molecule has 5 nitrogen and oxygen atoms in total. The van der Waals surface area contributed by atoms with Gasteiger partial charge in [0.15, 0.2) is 0 Å². The lowest BCUT2D eigenvalue weighted by atomic mass is 10.0. The number of carbonyl (C=O) groups is 1. The zero-order valence-electron chi connectivity index (χ0n) is 11.4. The van der Waals surface area contributed by atoms with Crippen LogP contribution in [-0.2, 0) is 4.74 Å². The highest BCUT2D eigenvalue weighted by molar-refractivity contribution is 6.62. The van der Waals surface area contributed by atoms with Crippen molar-refractivity contribution in [2.45, 2.75) is 6.04 Å². The first-order valence-corrected chi connectivity index (χ1v) is 7.05. The van der Waals surface area contributed by atoms with Crippen LogP contribution in [0.4, 0.5) is 9.18 Å². The standard InChI is InChI=1S/C14H17ClFN3O2/c15-14(20)18-9-12(19-5-7-21-8-6-19)13(17)10-1-3-11(16)4-2-10/h1-4,12,17H,5-9H2,(H,18,20). The van der Waals surface area contributed by atoms with Gasteiger partial charge in [-0.2, -0.15) is 0 Å². The summed E-state index contributed by atoms with van der Waals surface area (Å²) in [4.78, 5) is 13.0. The molecule has 0 radical (unpaired) electrons. The van der Waals surface area contributed by atoms with Gasteiger partial charge in [0, 0.05) is 19.6 Å². The van der Waals surface area contributed by atoms with E-state index in [0.717, 1.165) is 0 Å². The minimum Gasteiger partial charge on any atom is -0.379 e. The molecule has 21 heavy (non-hydrogen) atoms. The smallest absolute Gasteiger partial charge is 0.313 e. The number of benzene rings is 1. The van der Waals surface area contributed by atoms with Gasteiger partial charge in [0.2, 0.25) is 0 Å². The molecule has 1 saturated heterocycles. The topological polar surface area (TPSA) is 65.4 Å². The number of hydrogen-bond acceptors (Lipinski definition) is 4. The van der Waals surface area contributed by atoms with E-state index >= 15 is 0 Å². The number of nitrogens with zero attached hydrogens (tertiary/aromatic N) is 1. The first-order valence-electron chi connectivity index (χ1n) is 6.67. The van der Waals surface area contributed by atoms with E-state index < -0.39 is 5.37 Å². The highest BCUT2D eigenvalue weighted by atomic mass is 35.5. The fraction of sp³-hybridized carbons (Fsp3) is 0.429. The normalized spacial score (nSPS) is 17.2. The van der Waals surface area contributed by atoms with Crippen molar-refractivity contribution in [3.8, 4) is 0 Å². The predicted octanol–water partition coefficient (Wildman–Crippen LogP) is 1.84. The second-order valence-corrected chi connectivity index (χ2v) is 5.08. The number of hydrogen-bond donors (Lipinski definition) is 2. The average Bonchev–Trinajstić information content (AvgIpc) is 2.49. The molecule has 1 aromatic carbocycles. The van der Waals surface area contributed by atoms with Gasteiger partial charge >= 0.3 is 5.37 Å². The molecule has 0 saturated carbocycles. The third kappa shape index (κ3) is 4.49. The largest absolute Gasteiger partial charge is 0.379 e. The summed E-state index contributed by atoms with van der Waals surface area (Å²) in [6.07, 6.45) is 0. The van der Waals surface area contributed by atoms with Gasteiger partial charge < -0.3 is 15.5 Å². The van der Waals surface area contributed by atoms with Crippen LogP contribution in [0.3, 0.4) is 0 Å². The highest BCUT2D eigenvalue weighted by Gasteiger charge is 2.26. The van der Waals surface area contributed by atoms with E-state index in [2.05, 4.69) is 10.2 Å². The molecule has 1 fully saturated rings. The number of amides is 1. The van der Waals surface area contributed by atoms with Crippen molar-refractivity contribution in [3.05, 3.63) is 35.6 Å². The Kier molecular flexibility index (Phi) is 5.67. The minimum absolute atomic E-state index is 0.235. The van der Waals surface area contributed by atoms with Crippen LogP contribution >= 0.6 is 11.6 Å². The predicted molar refractivity (Wildman–Crippen MR) is 78.7 cm³/mol. The van der Waals surface area contributed by atoms with Crippen molar-refractivity contribution in [2.75, 3.05) is 32.8 Å². The molecule has 1 heterocycles.